The number of carbonyl (C=O) groups excluding carboxylic acids is 2. The molecule has 1 N–H and O–H groups in total. The monoisotopic (exact) mass is 406 g/mol. The number of hydrogen-bond acceptors (Lipinski definition) is 5. The van der Waals surface area contributed by atoms with E-state index in [1.807, 2.05) is 48.5 Å². The lowest BCUT2D eigenvalue weighted by molar-refractivity contribution is -0.124. The molecule has 0 saturated heterocycles. The maximum absolute atomic E-state index is 12.6. The first-order valence-electron chi connectivity index (χ1n) is 9.56. The number of amidine groups is 2. The van der Waals surface area contributed by atoms with E-state index in [1.165, 1.54) is 22.2 Å². The largest absolute Gasteiger partial charge is 0.325 e. The fourth-order valence-electron chi connectivity index (χ4n) is 3.25. The second-order valence-corrected chi connectivity index (χ2v) is 8.27. The number of thioether (sulfide) groups is 1. The van der Waals surface area contributed by atoms with Crippen LogP contribution in [0.3, 0.4) is 0 Å². The van der Waals surface area contributed by atoms with Gasteiger partial charge in [0, 0.05) is 11.3 Å². The van der Waals surface area contributed by atoms with Crippen LogP contribution in [0.1, 0.15) is 37.8 Å². The fraction of sp³-hybridized carbons (Fsp3) is 0.273. The Hall–Kier alpha value is -2.93. The molecule has 2 aromatic rings. The molecule has 0 radical (unpaired) electrons. The lowest BCUT2D eigenvalue weighted by Crippen LogP contribution is -2.41. The molecule has 2 amide bonds. The van der Waals surface area contributed by atoms with Crippen LogP contribution in [0.15, 0.2) is 58.5 Å². The Morgan fingerprint density at radius 1 is 1.17 bits per heavy atom. The van der Waals surface area contributed by atoms with Crippen molar-refractivity contribution in [1.29, 1.82) is 0 Å². The Morgan fingerprint density at radius 2 is 1.90 bits per heavy atom. The molecule has 4 rings (SSSR count). The van der Waals surface area contributed by atoms with Gasteiger partial charge in [-0.1, -0.05) is 49.9 Å². The van der Waals surface area contributed by atoms with E-state index in [9.17, 15) is 9.59 Å². The van der Waals surface area contributed by atoms with Crippen LogP contribution in [0.25, 0.3) is 0 Å². The minimum atomic E-state index is -0.449. The first kappa shape index (κ1) is 19.4. The van der Waals surface area contributed by atoms with Crippen molar-refractivity contribution in [3.8, 4) is 0 Å². The van der Waals surface area contributed by atoms with Crippen LogP contribution in [0.2, 0.25) is 0 Å². The summed E-state index contributed by atoms with van der Waals surface area (Å²) in [5, 5.41) is 3.39. The zero-order chi connectivity index (χ0) is 20.5. The smallest absolute Gasteiger partial charge is 0.258 e. The first-order valence-corrected chi connectivity index (χ1v) is 10.5. The summed E-state index contributed by atoms with van der Waals surface area (Å²) in [6.07, 6.45) is 0. The topological polar surface area (TPSA) is 74.1 Å². The van der Waals surface area contributed by atoms with Crippen LogP contribution < -0.4 is 5.32 Å². The lowest BCUT2D eigenvalue weighted by atomic mass is 10.0. The van der Waals surface area contributed by atoms with E-state index >= 15 is 0 Å². The van der Waals surface area contributed by atoms with E-state index in [2.05, 4.69) is 29.1 Å². The van der Waals surface area contributed by atoms with Crippen molar-refractivity contribution in [2.75, 3.05) is 11.1 Å². The highest BCUT2D eigenvalue weighted by Crippen LogP contribution is 2.33. The van der Waals surface area contributed by atoms with E-state index in [0.29, 0.717) is 16.9 Å². The molecule has 2 aliphatic rings. The Balaban J connectivity index is 1.47. The Morgan fingerprint density at radius 3 is 2.62 bits per heavy atom. The Labute approximate surface area is 174 Å². The van der Waals surface area contributed by atoms with Crippen molar-refractivity contribution in [1.82, 2.24) is 4.90 Å². The second kappa shape index (κ2) is 7.83. The van der Waals surface area contributed by atoms with Crippen LogP contribution in [-0.4, -0.2) is 39.5 Å². The van der Waals surface area contributed by atoms with Gasteiger partial charge in [-0.3, -0.25) is 14.6 Å². The van der Waals surface area contributed by atoms with Gasteiger partial charge in [0.05, 0.1) is 11.4 Å². The third-order valence-electron chi connectivity index (χ3n) is 4.85. The highest BCUT2D eigenvalue weighted by atomic mass is 32.2. The molecule has 29 heavy (non-hydrogen) atoms. The molecule has 1 atom stereocenters. The van der Waals surface area contributed by atoms with Gasteiger partial charge in [0.25, 0.3) is 5.91 Å². The van der Waals surface area contributed by atoms with Gasteiger partial charge in [0.2, 0.25) is 5.91 Å². The van der Waals surface area contributed by atoms with E-state index in [1.54, 1.807) is 6.92 Å². The van der Waals surface area contributed by atoms with E-state index in [4.69, 9.17) is 0 Å². The first-order chi connectivity index (χ1) is 13.9. The molecule has 0 aromatic heterocycles. The SMILES string of the molecule is CC(C)c1ccc(NC(=O)CSC2=Nc3ccccc3C3=N[C@@H](C)C(=O)N23)cc1. The lowest BCUT2D eigenvalue weighted by Gasteiger charge is -2.25. The number of para-hydroxylation sites is 1. The van der Waals surface area contributed by atoms with Crippen molar-refractivity contribution in [3.63, 3.8) is 0 Å². The maximum Gasteiger partial charge on any atom is 0.258 e. The molecular weight excluding hydrogens is 384 g/mol. The number of aliphatic imine (C=N–C) groups is 2. The van der Waals surface area contributed by atoms with Gasteiger partial charge in [-0.2, -0.15) is 0 Å². The van der Waals surface area contributed by atoms with E-state index < -0.39 is 6.04 Å². The minimum Gasteiger partial charge on any atom is -0.325 e. The summed E-state index contributed by atoms with van der Waals surface area (Å²) in [5.41, 5.74) is 3.57. The number of fused-ring (bicyclic) bond motifs is 3. The molecule has 7 heteroatoms. The maximum atomic E-state index is 12.6. The Kier molecular flexibility index (Phi) is 5.24. The van der Waals surface area contributed by atoms with Gasteiger partial charge in [-0.05, 0) is 42.7 Å². The molecule has 2 aromatic carbocycles. The van der Waals surface area contributed by atoms with Gasteiger partial charge in [0.15, 0.2) is 5.17 Å². The van der Waals surface area contributed by atoms with Crippen molar-refractivity contribution in [2.45, 2.75) is 32.7 Å². The highest BCUT2D eigenvalue weighted by Gasteiger charge is 2.39. The molecule has 0 saturated carbocycles. The van der Waals surface area contributed by atoms with Crippen LogP contribution >= 0.6 is 11.8 Å². The summed E-state index contributed by atoms with van der Waals surface area (Å²) in [4.78, 5) is 35.7. The number of amides is 2. The van der Waals surface area contributed by atoms with Crippen LogP contribution in [-0.2, 0) is 9.59 Å². The van der Waals surface area contributed by atoms with Crippen molar-refractivity contribution < 1.29 is 9.59 Å². The zero-order valence-corrected chi connectivity index (χ0v) is 17.4. The van der Waals surface area contributed by atoms with Crippen molar-refractivity contribution in [3.05, 3.63) is 59.7 Å². The summed E-state index contributed by atoms with van der Waals surface area (Å²) in [6.45, 7) is 6.03. The molecule has 0 unspecified atom stereocenters. The van der Waals surface area contributed by atoms with Gasteiger partial charge in [-0.15, -0.1) is 0 Å². The van der Waals surface area contributed by atoms with Gasteiger partial charge in [-0.25, -0.2) is 9.89 Å². The fourth-order valence-corrected chi connectivity index (χ4v) is 4.05. The molecule has 0 aliphatic carbocycles. The summed E-state index contributed by atoms with van der Waals surface area (Å²) in [6, 6.07) is 15.0. The summed E-state index contributed by atoms with van der Waals surface area (Å²) in [7, 11) is 0. The molecule has 2 heterocycles. The normalized spacial score (nSPS) is 17.6. The number of anilines is 1. The second-order valence-electron chi connectivity index (χ2n) is 7.33. The van der Waals surface area contributed by atoms with Crippen LogP contribution in [0, 0.1) is 0 Å². The number of nitrogens with zero attached hydrogens (tertiary/aromatic N) is 3. The van der Waals surface area contributed by atoms with Gasteiger partial charge >= 0.3 is 0 Å². The number of nitrogens with one attached hydrogen (secondary N) is 1. The van der Waals surface area contributed by atoms with Crippen LogP contribution in [0.5, 0.6) is 0 Å². The number of rotatable bonds is 4. The quantitative estimate of drug-likeness (QED) is 0.828. The summed E-state index contributed by atoms with van der Waals surface area (Å²) >= 11 is 1.24. The molecule has 6 nitrogen and oxygen atoms in total. The Bertz CT molecular complexity index is 1030. The molecular formula is C22H22N4O2S. The zero-order valence-electron chi connectivity index (χ0n) is 16.5. The number of carbonyl (C=O) groups is 2. The van der Waals surface area contributed by atoms with Crippen molar-refractivity contribution >= 4 is 46.0 Å². The number of hydrogen-bond donors (Lipinski definition) is 1. The molecule has 0 bridgehead atoms. The van der Waals surface area contributed by atoms with Crippen molar-refractivity contribution in [2.24, 2.45) is 9.98 Å². The van der Waals surface area contributed by atoms with Gasteiger partial charge < -0.3 is 5.32 Å². The molecule has 0 fully saturated rings. The predicted octanol–water partition coefficient (Wildman–Crippen LogP) is 4.16. The molecule has 148 valence electrons. The van der Waals surface area contributed by atoms with Gasteiger partial charge in [0.1, 0.15) is 11.9 Å². The standard InChI is InChI=1S/C22H22N4O2S/c1-13(2)15-8-10-16(11-9-15)24-19(27)12-29-22-25-18-7-5-4-6-17(18)20-23-14(3)21(28)26(20)22/h4-11,13-14H,12H2,1-3H3,(H,24,27)/t14-/m0/s1. The predicted molar refractivity (Wildman–Crippen MR) is 118 cm³/mol. The molecule has 0 spiro atoms. The van der Waals surface area contributed by atoms with E-state index in [0.717, 1.165) is 16.9 Å². The van der Waals surface area contributed by atoms with Crippen LogP contribution in [0.4, 0.5) is 11.4 Å². The molecule has 2 aliphatic heterocycles. The third kappa shape index (κ3) is 3.82. The summed E-state index contributed by atoms with van der Waals surface area (Å²) in [5.74, 6) is 0.940. The average molecular weight is 407 g/mol. The third-order valence-corrected chi connectivity index (χ3v) is 5.79. The minimum absolute atomic E-state index is 0.120. The average Bonchev–Trinajstić information content (AvgIpc) is 3.01. The van der Waals surface area contributed by atoms with E-state index in [-0.39, 0.29) is 17.6 Å². The summed E-state index contributed by atoms with van der Waals surface area (Å²) < 4.78 is 0. The number of benzene rings is 2. The highest BCUT2D eigenvalue weighted by molar-refractivity contribution is 8.14.